The standard InChI is InChI=1S/C21H27N3O4/c1-14(21(26)23-17-8-6-16(7-9-17)20(22)25)24(2)12-11-15-5-10-18(27-3)19(13-15)28-4/h5-10,13-14H,11-12H2,1-4H3,(H2,22,25)(H,23,26)/p+1/t14-/m1/s1. The Kier molecular flexibility index (Phi) is 7.40. The molecular weight excluding hydrogens is 358 g/mol. The number of quaternary nitrogens is 1. The van der Waals surface area contributed by atoms with Crippen molar-refractivity contribution in [1.29, 1.82) is 0 Å². The molecule has 1 unspecified atom stereocenters. The number of carbonyl (C=O) groups excluding carboxylic acids is 2. The minimum absolute atomic E-state index is 0.0864. The van der Waals surface area contributed by atoms with E-state index < -0.39 is 5.91 Å². The Morgan fingerprint density at radius 3 is 2.29 bits per heavy atom. The van der Waals surface area contributed by atoms with E-state index in [0.717, 1.165) is 23.4 Å². The zero-order valence-electron chi connectivity index (χ0n) is 16.7. The number of hydrogen-bond donors (Lipinski definition) is 3. The van der Waals surface area contributed by atoms with Crippen LogP contribution in [0.4, 0.5) is 5.69 Å². The van der Waals surface area contributed by atoms with Crippen molar-refractivity contribution in [2.75, 3.05) is 33.1 Å². The summed E-state index contributed by atoms with van der Waals surface area (Å²) in [6, 6.07) is 12.1. The number of nitrogens with one attached hydrogen (secondary N) is 2. The molecule has 7 heteroatoms. The number of methoxy groups -OCH3 is 2. The highest BCUT2D eigenvalue weighted by Gasteiger charge is 2.22. The zero-order chi connectivity index (χ0) is 20.7. The topological polar surface area (TPSA) is 95.1 Å². The summed E-state index contributed by atoms with van der Waals surface area (Å²) < 4.78 is 10.6. The van der Waals surface area contributed by atoms with E-state index in [1.807, 2.05) is 32.2 Å². The van der Waals surface area contributed by atoms with Crippen LogP contribution < -0.4 is 25.4 Å². The third-order valence-electron chi connectivity index (χ3n) is 4.83. The van der Waals surface area contributed by atoms with Gasteiger partial charge in [0.15, 0.2) is 17.5 Å². The van der Waals surface area contributed by atoms with Gasteiger partial charge in [0, 0.05) is 17.7 Å². The van der Waals surface area contributed by atoms with Gasteiger partial charge in [-0.1, -0.05) is 6.07 Å². The zero-order valence-corrected chi connectivity index (χ0v) is 16.7. The minimum atomic E-state index is -0.495. The first-order chi connectivity index (χ1) is 13.3. The van der Waals surface area contributed by atoms with Crippen molar-refractivity contribution in [2.24, 2.45) is 5.73 Å². The first-order valence-electron chi connectivity index (χ1n) is 9.09. The van der Waals surface area contributed by atoms with Crippen LogP contribution in [-0.2, 0) is 11.2 Å². The maximum Gasteiger partial charge on any atom is 0.282 e. The average molecular weight is 386 g/mol. The van der Waals surface area contributed by atoms with Crippen molar-refractivity contribution in [3.8, 4) is 11.5 Å². The van der Waals surface area contributed by atoms with Crippen molar-refractivity contribution in [3.63, 3.8) is 0 Å². The Balaban J connectivity index is 1.91. The second-order valence-corrected chi connectivity index (χ2v) is 6.69. The van der Waals surface area contributed by atoms with Crippen LogP contribution in [0, 0.1) is 0 Å². The van der Waals surface area contributed by atoms with E-state index in [4.69, 9.17) is 15.2 Å². The lowest BCUT2D eigenvalue weighted by atomic mass is 10.1. The van der Waals surface area contributed by atoms with E-state index in [1.165, 1.54) is 0 Å². The fraction of sp³-hybridized carbons (Fsp3) is 0.333. The van der Waals surface area contributed by atoms with Crippen LogP contribution in [-0.4, -0.2) is 45.7 Å². The molecule has 28 heavy (non-hydrogen) atoms. The number of rotatable bonds is 9. The van der Waals surface area contributed by atoms with Crippen molar-refractivity contribution in [1.82, 2.24) is 0 Å². The number of nitrogens with two attached hydrogens (primary N) is 1. The maximum absolute atomic E-state index is 12.5. The van der Waals surface area contributed by atoms with Crippen LogP contribution in [0.25, 0.3) is 0 Å². The maximum atomic E-state index is 12.5. The molecule has 0 saturated carbocycles. The first kappa shape index (κ1) is 21.2. The molecule has 4 N–H and O–H groups in total. The molecule has 2 amide bonds. The summed E-state index contributed by atoms with van der Waals surface area (Å²) in [4.78, 5) is 24.7. The highest BCUT2D eigenvalue weighted by atomic mass is 16.5. The molecule has 0 aromatic heterocycles. The summed E-state index contributed by atoms with van der Waals surface area (Å²) in [5, 5.41) is 2.87. The second kappa shape index (κ2) is 9.75. The number of primary amides is 1. The lowest BCUT2D eigenvalue weighted by Crippen LogP contribution is -3.14. The normalized spacial score (nSPS) is 12.7. The number of carbonyl (C=O) groups is 2. The molecular formula is C21H28N3O4+. The predicted molar refractivity (Wildman–Crippen MR) is 108 cm³/mol. The predicted octanol–water partition coefficient (Wildman–Crippen LogP) is 0.887. The van der Waals surface area contributed by atoms with Crippen LogP contribution >= 0.6 is 0 Å². The van der Waals surface area contributed by atoms with Crippen LogP contribution in [0.15, 0.2) is 42.5 Å². The largest absolute Gasteiger partial charge is 0.493 e. The summed E-state index contributed by atoms with van der Waals surface area (Å²) in [6.45, 7) is 2.67. The van der Waals surface area contributed by atoms with E-state index in [-0.39, 0.29) is 11.9 Å². The molecule has 0 radical (unpaired) electrons. The number of likely N-dealkylation sites (N-methyl/N-ethyl adjacent to an activating group) is 1. The number of amides is 2. The highest BCUT2D eigenvalue weighted by molar-refractivity contribution is 5.95. The number of anilines is 1. The van der Waals surface area contributed by atoms with Crippen molar-refractivity contribution in [3.05, 3.63) is 53.6 Å². The molecule has 2 aromatic carbocycles. The summed E-state index contributed by atoms with van der Waals surface area (Å²) in [5.74, 6) is 0.812. The molecule has 2 aromatic rings. The van der Waals surface area contributed by atoms with Crippen LogP contribution in [0.2, 0.25) is 0 Å². The lowest BCUT2D eigenvalue weighted by Gasteiger charge is -2.21. The molecule has 7 nitrogen and oxygen atoms in total. The molecule has 0 aliphatic heterocycles. The van der Waals surface area contributed by atoms with E-state index in [9.17, 15) is 9.59 Å². The summed E-state index contributed by atoms with van der Waals surface area (Å²) in [7, 11) is 5.21. The fourth-order valence-corrected chi connectivity index (χ4v) is 2.79. The van der Waals surface area contributed by atoms with Gasteiger partial charge in [-0.15, -0.1) is 0 Å². The van der Waals surface area contributed by atoms with Gasteiger partial charge in [-0.05, 0) is 48.9 Å². The van der Waals surface area contributed by atoms with Crippen molar-refractivity contribution < 1.29 is 24.0 Å². The molecule has 0 saturated heterocycles. The first-order valence-corrected chi connectivity index (χ1v) is 9.09. The molecule has 0 bridgehead atoms. The van der Waals surface area contributed by atoms with Gasteiger partial charge in [0.1, 0.15) is 0 Å². The van der Waals surface area contributed by atoms with Crippen LogP contribution in [0.1, 0.15) is 22.8 Å². The molecule has 0 heterocycles. The number of hydrogen-bond acceptors (Lipinski definition) is 4. The van der Waals surface area contributed by atoms with Gasteiger partial charge in [0.25, 0.3) is 5.91 Å². The van der Waals surface area contributed by atoms with E-state index in [2.05, 4.69) is 5.32 Å². The monoisotopic (exact) mass is 386 g/mol. The Morgan fingerprint density at radius 1 is 1.07 bits per heavy atom. The Bertz CT molecular complexity index is 821. The van der Waals surface area contributed by atoms with Crippen LogP contribution in [0.3, 0.4) is 0 Å². The fourth-order valence-electron chi connectivity index (χ4n) is 2.79. The van der Waals surface area contributed by atoms with Gasteiger partial charge in [-0.25, -0.2) is 0 Å². The quantitative estimate of drug-likeness (QED) is 0.596. The summed E-state index contributed by atoms with van der Waals surface area (Å²) >= 11 is 0. The van der Waals surface area contributed by atoms with Gasteiger partial charge in [0.05, 0.1) is 27.8 Å². The lowest BCUT2D eigenvalue weighted by molar-refractivity contribution is -0.893. The van der Waals surface area contributed by atoms with Crippen molar-refractivity contribution >= 4 is 17.5 Å². The number of benzene rings is 2. The van der Waals surface area contributed by atoms with Gasteiger partial charge in [0.2, 0.25) is 5.91 Å². The highest BCUT2D eigenvalue weighted by Crippen LogP contribution is 2.27. The SMILES string of the molecule is COc1ccc(CC[NH+](C)[C@H](C)C(=O)Nc2ccc(C(N)=O)cc2)cc1OC. The van der Waals surface area contributed by atoms with E-state index >= 15 is 0 Å². The summed E-state index contributed by atoms with van der Waals surface area (Å²) in [5.41, 5.74) is 7.38. The molecule has 2 atom stereocenters. The van der Waals surface area contributed by atoms with Crippen LogP contribution in [0.5, 0.6) is 11.5 Å². The second-order valence-electron chi connectivity index (χ2n) is 6.69. The Morgan fingerprint density at radius 2 is 1.71 bits per heavy atom. The third kappa shape index (κ3) is 5.47. The Labute approximate surface area is 165 Å². The number of ether oxygens (including phenoxy) is 2. The van der Waals surface area contributed by atoms with E-state index in [0.29, 0.717) is 22.7 Å². The van der Waals surface area contributed by atoms with Gasteiger partial charge in [-0.3, -0.25) is 9.59 Å². The minimum Gasteiger partial charge on any atom is -0.493 e. The van der Waals surface area contributed by atoms with Gasteiger partial charge in [-0.2, -0.15) is 0 Å². The van der Waals surface area contributed by atoms with Gasteiger partial charge >= 0.3 is 0 Å². The third-order valence-corrected chi connectivity index (χ3v) is 4.83. The molecule has 0 aliphatic carbocycles. The van der Waals surface area contributed by atoms with Gasteiger partial charge < -0.3 is 25.4 Å². The van der Waals surface area contributed by atoms with E-state index in [1.54, 1.807) is 38.5 Å². The molecule has 0 aliphatic rings. The molecule has 150 valence electrons. The molecule has 2 rings (SSSR count). The summed E-state index contributed by atoms with van der Waals surface area (Å²) in [6.07, 6.45) is 0.803. The molecule has 0 spiro atoms. The molecule has 0 fully saturated rings. The smallest absolute Gasteiger partial charge is 0.282 e. The Hall–Kier alpha value is -3.06. The average Bonchev–Trinajstić information content (AvgIpc) is 2.71. The van der Waals surface area contributed by atoms with Crippen molar-refractivity contribution in [2.45, 2.75) is 19.4 Å².